The molecule has 0 bridgehead atoms. The summed E-state index contributed by atoms with van der Waals surface area (Å²) in [5, 5.41) is 0. The van der Waals surface area contributed by atoms with E-state index in [-0.39, 0.29) is 0 Å². The molecule has 0 N–H and O–H groups in total. The van der Waals surface area contributed by atoms with Crippen molar-refractivity contribution in [2.45, 2.75) is 52.2 Å². The zero-order valence-electron chi connectivity index (χ0n) is 15.9. The molecule has 0 fully saturated rings. The van der Waals surface area contributed by atoms with Crippen LogP contribution in [0, 0.1) is 6.92 Å². The molecule has 3 heterocycles. The minimum atomic E-state index is 0.616. The number of hydrogen-bond donors (Lipinski definition) is 0. The third-order valence-corrected chi connectivity index (χ3v) is 5.68. The Hall–Kier alpha value is -2.56. The van der Waals surface area contributed by atoms with Crippen molar-refractivity contribution in [1.82, 2.24) is 19.1 Å². The molecular weight excluding hydrogens is 322 g/mol. The second-order valence-electron chi connectivity index (χ2n) is 7.34. The van der Waals surface area contributed by atoms with Crippen LogP contribution >= 0.6 is 0 Å². The highest BCUT2D eigenvalue weighted by atomic mass is 15.1. The van der Waals surface area contributed by atoms with E-state index in [9.17, 15) is 0 Å². The highest BCUT2D eigenvalue weighted by molar-refractivity contribution is 5.67. The molecule has 5 nitrogen and oxygen atoms in total. The fourth-order valence-corrected chi connectivity index (χ4v) is 3.88. The van der Waals surface area contributed by atoms with Crippen LogP contribution < -0.4 is 4.90 Å². The smallest absolute Gasteiger partial charge is 0.105 e. The number of fused-ring (bicyclic) bond motifs is 1. The summed E-state index contributed by atoms with van der Waals surface area (Å²) in [5.41, 5.74) is 5.29. The van der Waals surface area contributed by atoms with Crippen LogP contribution in [0.2, 0.25) is 0 Å². The van der Waals surface area contributed by atoms with Gasteiger partial charge in [0.1, 0.15) is 5.82 Å². The summed E-state index contributed by atoms with van der Waals surface area (Å²) in [6.07, 6.45) is 11.3. The number of aromatic nitrogens is 4. The first-order valence-corrected chi connectivity index (χ1v) is 9.47. The fourth-order valence-electron chi connectivity index (χ4n) is 3.88. The van der Waals surface area contributed by atoms with Crippen molar-refractivity contribution >= 4 is 5.69 Å². The Balaban J connectivity index is 1.51. The van der Waals surface area contributed by atoms with Crippen LogP contribution in [0.5, 0.6) is 0 Å². The predicted molar refractivity (Wildman–Crippen MR) is 105 cm³/mol. The van der Waals surface area contributed by atoms with Gasteiger partial charge in [0.15, 0.2) is 0 Å². The first-order chi connectivity index (χ1) is 12.6. The lowest BCUT2D eigenvalue weighted by atomic mass is 9.95. The van der Waals surface area contributed by atoms with E-state index in [1.54, 1.807) is 0 Å². The lowest BCUT2D eigenvalue weighted by Crippen LogP contribution is -2.33. The van der Waals surface area contributed by atoms with Gasteiger partial charge in [0.05, 0.1) is 18.2 Å². The average Bonchev–Trinajstić information content (AvgIpc) is 3.27. The van der Waals surface area contributed by atoms with Crippen molar-refractivity contribution in [3.05, 3.63) is 54.5 Å². The van der Waals surface area contributed by atoms with Crippen LogP contribution in [0.25, 0.3) is 11.3 Å². The molecule has 1 aliphatic rings. The van der Waals surface area contributed by atoms with E-state index in [2.05, 4.69) is 56.2 Å². The van der Waals surface area contributed by atoms with Crippen LogP contribution in [-0.4, -0.2) is 32.2 Å². The van der Waals surface area contributed by atoms with Crippen LogP contribution in [0.1, 0.15) is 31.2 Å². The highest BCUT2D eigenvalue weighted by Crippen LogP contribution is 2.33. The topological polar surface area (TPSA) is 38.9 Å². The number of nitrogens with zero attached hydrogens (tertiary/aromatic N) is 5. The number of hydrogen-bond acceptors (Lipinski definition) is 3. The first-order valence-electron chi connectivity index (χ1n) is 9.47. The Bertz CT molecular complexity index is 891. The van der Waals surface area contributed by atoms with E-state index in [1.807, 2.05) is 31.8 Å². The van der Waals surface area contributed by atoms with Gasteiger partial charge < -0.3 is 14.0 Å². The second-order valence-corrected chi connectivity index (χ2v) is 7.34. The Kier molecular flexibility index (Phi) is 4.53. The monoisotopic (exact) mass is 349 g/mol. The van der Waals surface area contributed by atoms with E-state index < -0.39 is 0 Å². The molecule has 5 heteroatoms. The second kappa shape index (κ2) is 6.98. The molecule has 0 spiro atoms. The lowest BCUT2D eigenvalue weighted by molar-refractivity contribution is 0.557. The van der Waals surface area contributed by atoms with E-state index >= 15 is 0 Å². The van der Waals surface area contributed by atoms with Gasteiger partial charge in [0.2, 0.25) is 0 Å². The summed E-state index contributed by atoms with van der Waals surface area (Å²) in [6.45, 7) is 6.29. The highest BCUT2D eigenvalue weighted by Gasteiger charge is 2.20. The molecule has 0 aliphatic carbocycles. The molecule has 4 rings (SSSR count). The first kappa shape index (κ1) is 16.9. The number of anilines is 1. The maximum absolute atomic E-state index is 4.40. The van der Waals surface area contributed by atoms with Crippen LogP contribution in [0.15, 0.2) is 43.1 Å². The van der Waals surface area contributed by atoms with Gasteiger partial charge in [-0.05, 0) is 50.8 Å². The quantitative estimate of drug-likeness (QED) is 0.701. The van der Waals surface area contributed by atoms with Gasteiger partial charge >= 0.3 is 0 Å². The van der Waals surface area contributed by atoms with Crippen molar-refractivity contribution in [2.24, 2.45) is 0 Å². The van der Waals surface area contributed by atoms with Gasteiger partial charge in [-0.1, -0.05) is 6.07 Å². The number of imidazole rings is 2. The molecule has 0 saturated heterocycles. The van der Waals surface area contributed by atoms with Crippen LogP contribution in [0.3, 0.4) is 0 Å². The molecule has 1 aromatic carbocycles. The van der Waals surface area contributed by atoms with Gasteiger partial charge in [0, 0.05) is 49.8 Å². The number of aryl methyl sites for hydroxylation is 4. The normalized spacial score (nSPS) is 16.7. The van der Waals surface area contributed by atoms with E-state index in [0.717, 1.165) is 31.8 Å². The summed E-state index contributed by atoms with van der Waals surface area (Å²) >= 11 is 0. The summed E-state index contributed by atoms with van der Waals surface area (Å²) in [5.74, 6) is 1.07. The molecule has 0 unspecified atom stereocenters. The van der Waals surface area contributed by atoms with Crippen LogP contribution in [0.4, 0.5) is 5.69 Å². The Morgan fingerprint density at radius 1 is 1.19 bits per heavy atom. The van der Waals surface area contributed by atoms with E-state index in [1.165, 1.54) is 28.9 Å². The summed E-state index contributed by atoms with van der Waals surface area (Å²) in [4.78, 5) is 11.1. The van der Waals surface area contributed by atoms with Crippen molar-refractivity contribution in [3.63, 3.8) is 0 Å². The van der Waals surface area contributed by atoms with Crippen molar-refractivity contribution in [3.8, 4) is 11.3 Å². The zero-order valence-corrected chi connectivity index (χ0v) is 15.9. The molecule has 3 aromatic rings. The molecule has 0 saturated carbocycles. The van der Waals surface area contributed by atoms with E-state index in [4.69, 9.17) is 0 Å². The molecule has 2 aromatic heterocycles. The molecule has 0 amide bonds. The van der Waals surface area contributed by atoms with Gasteiger partial charge in [0.25, 0.3) is 0 Å². The SMILES string of the molecule is Cc1nccn1CCCn1cncc1-c1ccc2c(c1)CC[C@H](C)N2C. The molecule has 136 valence electrons. The summed E-state index contributed by atoms with van der Waals surface area (Å²) in [7, 11) is 2.20. The molecule has 1 atom stereocenters. The standard InChI is InChI=1S/C21H27N5/c1-16-5-6-18-13-19(7-8-20(18)24(16)3)21-14-22-15-26(21)11-4-10-25-12-9-23-17(25)2/h7-9,12-16H,4-6,10-11H2,1-3H3/t16-/m0/s1. The zero-order chi connectivity index (χ0) is 18.1. The number of rotatable bonds is 5. The Morgan fingerprint density at radius 3 is 2.85 bits per heavy atom. The third-order valence-electron chi connectivity index (χ3n) is 5.68. The minimum Gasteiger partial charge on any atom is -0.372 e. The maximum atomic E-state index is 4.40. The van der Waals surface area contributed by atoms with Crippen molar-refractivity contribution in [1.29, 1.82) is 0 Å². The summed E-state index contributed by atoms with van der Waals surface area (Å²) < 4.78 is 4.47. The van der Waals surface area contributed by atoms with Gasteiger partial charge in [-0.2, -0.15) is 0 Å². The Morgan fingerprint density at radius 2 is 2.04 bits per heavy atom. The molecule has 0 radical (unpaired) electrons. The van der Waals surface area contributed by atoms with Crippen LogP contribution in [-0.2, 0) is 19.5 Å². The number of benzene rings is 1. The molecule has 1 aliphatic heterocycles. The fraction of sp³-hybridized carbons (Fsp3) is 0.429. The van der Waals surface area contributed by atoms with Gasteiger partial charge in [-0.15, -0.1) is 0 Å². The molecule has 26 heavy (non-hydrogen) atoms. The largest absolute Gasteiger partial charge is 0.372 e. The third kappa shape index (κ3) is 3.14. The minimum absolute atomic E-state index is 0.616. The maximum Gasteiger partial charge on any atom is 0.105 e. The average molecular weight is 349 g/mol. The van der Waals surface area contributed by atoms with E-state index in [0.29, 0.717) is 6.04 Å². The lowest BCUT2D eigenvalue weighted by Gasteiger charge is -2.34. The summed E-state index contributed by atoms with van der Waals surface area (Å²) in [6, 6.07) is 7.48. The Labute approximate surface area is 155 Å². The van der Waals surface area contributed by atoms with Gasteiger partial charge in [-0.3, -0.25) is 0 Å². The predicted octanol–water partition coefficient (Wildman–Crippen LogP) is 3.92. The van der Waals surface area contributed by atoms with Gasteiger partial charge in [-0.25, -0.2) is 9.97 Å². The van der Waals surface area contributed by atoms with Crippen molar-refractivity contribution < 1.29 is 0 Å². The molecular formula is C21H27N5. The van der Waals surface area contributed by atoms with Crippen molar-refractivity contribution in [2.75, 3.05) is 11.9 Å².